The summed E-state index contributed by atoms with van der Waals surface area (Å²) in [5.41, 5.74) is 0.496. The van der Waals surface area contributed by atoms with E-state index in [1.807, 2.05) is 0 Å². The van der Waals surface area contributed by atoms with Crippen LogP contribution in [0.15, 0.2) is 47.4 Å². The van der Waals surface area contributed by atoms with Crippen LogP contribution in [0.3, 0.4) is 0 Å². The lowest BCUT2D eigenvalue weighted by Gasteiger charge is -2.15. The number of nitrogens with zero attached hydrogens (tertiary/aromatic N) is 1. The highest BCUT2D eigenvalue weighted by atomic mass is 35.5. The van der Waals surface area contributed by atoms with Gasteiger partial charge >= 0.3 is 0 Å². The number of amides is 2. The highest BCUT2D eigenvalue weighted by Gasteiger charge is 2.30. The zero-order valence-electron chi connectivity index (χ0n) is 12.7. The lowest BCUT2D eigenvalue weighted by molar-refractivity contribution is -0.121. The molecule has 0 unspecified atom stereocenters. The summed E-state index contributed by atoms with van der Waals surface area (Å²) in [7, 11) is -3.90. The lowest BCUT2D eigenvalue weighted by Crippen LogP contribution is -2.28. The summed E-state index contributed by atoms with van der Waals surface area (Å²) in [6, 6.07) is 9.88. The van der Waals surface area contributed by atoms with Crippen molar-refractivity contribution in [2.45, 2.75) is 17.7 Å². The van der Waals surface area contributed by atoms with Crippen LogP contribution in [0.25, 0.3) is 0 Å². The molecule has 6 nitrogen and oxygen atoms in total. The molecule has 2 aromatic carbocycles. The zero-order valence-corrected chi connectivity index (χ0v) is 15.0. The third-order valence-corrected chi connectivity index (χ3v) is 5.58. The van der Waals surface area contributed by atoms with E-state index in [1.165, 1.54) is 36.4 Å². The van der Waals surface area contributed by atoms with E-state index in [1.54, 1.807) is 6.07 Å². The molecule has 1 aliphatic rings. The van der Waals surface area contributed by atoms with Crippen molar-refractivity contribution in [3.63, 3.8) is 0 Å². The second kappa shape index (κ2) is 6.67. The Morgan fingerprint density at radius 3 is 2.12 bits per heavy atom. The quantitative estimate of drug-likeness (QED) is 0.799. The molecule has 3 rings (SSSR count). The summed E-state index contributed by atoms with van der Waals surface area (Å²) in [5.74, 6) is -0.603. The van der Waals surface area contributed by atoms with Crippen LogP contribution in [0.2, 0.25) is 10.0 Å². The molecule has 0 radical (unpaired) electrons. The molecular formula is C16H12Cl2N2O4S. The molecule has 1 saturated heterocycles. The Balaban J connectivity index is 1.87. The molecule has 0 aromatic heterocycles. The van der Waals surface area contributed by atoms with E-state index >= 15 is 0 Å². The molecule has 0 saturated carbocycles. The normalized spacial score (nSPS) is 14.9. The minimum atomic E-state index is -3.90. The first-order valence-electron chi connectivity index (χ1n) is 7.22. The predicted octanol–water partition coefficient (Wildman–Crippen LogP) is 3.45. The molecule has 0 bridgehead atoms. The van der Waals surface area contributed by atoms with Crippen LogP contribution >= 0.6 is 23.2 Å². The lowest BCUT2D eigenvalue weighted by atomic mass is 10.3. The number of sulfonamides is 1. The molecular weight excluding hydrogens is 387 g/mol. The Hall–Kier alpha value is -2.09. The van der Waals surface area contributed by atoms with Crippen molar-refractivity contribution < 1.29 is 18.0 Å². The maximum Gasteiger partial charge on any atom is 0.261 e. The molecule has 1 heterocycles. The van der Waals surface area contributed by atoms with Crippen LogP contribution < -0.4 is 9.62 Å². The third kappa shape index (κ3) is 3.63. The number of imide groups is 1. The summed E-state index contributed by atoms with van der Waals surface area (Å²) in [6.45, 7) is 0. The second-order valence-corrected chi connectivity index (χ2v) is 7.87. The Kier molecular flexibility index (Phi) is 4.73. The maximum atomic E-state index is 12.5. The largest absolute Gasteiger partial charge is 0.278 e. The van der Waals surface area contributed by atoms with Crippen molar-refractivity contribution in [2.75, 3.05) is 9.62 Å². The van der Waals surface area contributed by atoms with Gasteiger partial charge < -0.3 is 0 Å². The number of carbonyl (C=O) groups excluding carboxylic acids is 2. The van der Waals surface area contributed by atoms with Crippen molar-refractivity contribution >= 4 is 56.4 Å². The van der Waals surface area contributed by atoms with Gasteiger partial charge in [0.2, 0.25) is 11.8 Å². The maximum absolute atomic E-state index is 12.5. The monoisotopic (exact) mass is 398 g/mol. The number of halogens is 2. The highest BCUT2D eigenvalue weighted by molar-refractivity contribution is 7.92. The van der Waals surface area contributed by atoms with Gasteiger partial charge in [-0.05, 0) is 42.5 Å². The number of anilines is 2. The second-order valence-electron chi connectivity index (χ2n) is 5.35. The van der Waals surface area contributed by atoms with E-state index in [9.17, 15) is 18.0 Å². The predicted molar refractivity (Wildman–Crippen MR) is 95.4 cm³/mol. The van der Waals surface area contributed by atoms with Crippen molar-refractivity contribution in [3.05, 3.63) is 52.5 Å². The summed E-state index contributed by atoms with van der Waals surface area (Å²) < 4.78 is 27.3. The molecule has 1 fully saturated rings. The summed E-state index contributed by atoms with van der Waals surface area (Å²) in [6.07, 6.45) is 0.321. The standard InChI is InChI=1S/C16H12Cl2N2O4S/c17-10-1-6-13(18)14(9-10)19-25(23,24)12-4-2-11(3-5-12)20-15(21)7-8-16(20)22/h1-6,9,19H,7-8H2. The van der Waals surface area contributed by atoms with E-state index in [4.69, 9.17) is 23.2 Å². The van der Waals surface area contributed by atoms with E-state index in [0.29, 0.717) is 10.7 Å². The van der Waals surface area contributed by atoms with Crippen LogP contribution in [0.1, 0.15) is 12.8 Å². The summed E-state index contributed by atoms with van der Waals surface area (Å²) in [4.78, 5) is 24.5. The smallest absolute Gasteiger partial charge is 0.261 e. The first-order chi connectivity index (χ1) is 11.8. The number of nitrogens with one attached hydrogen (secondary N) is 1. The fourth-order valence-electron chi connectivity index (χ4n) is 2.42. The highest BCUT2D eigenvalue weighted by Crippen LogP contribution is 2.29. The van der Waals surface area contributed by atoms with Crippen LogP contribution in [0, 0.1) is 0 Å². The third-order valence-electron chi connectivity index (χ3n) is 3.63. The first kappa shape index (κ1) is 17.7. The van der Waals surface area contributed by atoms with Crippen LogP contribution in [-0.4, -0.2) is 20.2 Å². The summed E-state index contributed by atoms with van der Waals surface area (Å²) in [5, 5.41) is 0.543. The molecule has 9 heteroatoms. The minimum absolute atomic E-state index is 0.0358. The van der Waals surface area contributed by atoms with Gasteiger partial charge in [-0.3, -0.25) is 19.2 Å². The van der Waals surface area contributed by atoms with E-state index in [0.717, 1.165) is 4.90 Å². The van der Waals surface area contributed by atoms with E-state index in [-0.39, 0.29) is 40.3 Å². The van der Waals surface area contributed by atoms with Gasteiger partial charge in [-0.1, -0.05) is 23.2 Å². The minimum Gasteiger partial charge on any atom is -0.278 e. The molecule has 2 aromatic rings. The van der Waals surface area contributed by atoms with Gasteiger partial charge in [0.15, 0.2) is 0 Å². The molecule has 1 aliphatic heterocycles. The van der Waals surface area contributed by atoms with E-state index in [2.05, 4.69) is 4.72 Å². The zero-order chi connectivity index (χ0) is 18.2. The molecule has 1 N–H and O–H groups in total. The molecule has 0 atom stereocenters. The van der Waals surface area contributed by atoms with Gasteiger partial charge in [-0.25, -0.2) is 8.42 Å². The number of hydrogen-bond donors (Lipinski definition) is 1. The number of hydrogen-bond acceptors (Lipinski definition) is 4. The van der Waals surface area contributed by atoms with Crippen LogP contribution in [-0.2, 0) is 19.6 Å². The van der Waals surface area contributed by atoms with Gasteiger partial charge in [-0.2, -0.15) is 0 Å². The average molecular weight is 399 g/mol. The molecule has 2 amide bonds. The number of benzene rings is 2. The molecule has 25 heavy (non-hydrogen) atoms. The van der Waals surface area contributed by atoms with Crippen molar-refractivity contribution in [1.29, 1.82) is 0 Å². The Morgan fingerprint density at radius 2 is 1.52 bits per heavy atom. The number of rotatable bonds is 4. The van der Waals surface area contributed by atoms with Crippen LogP contribution in [0.5, 0.6) is 0 Å². The Bertz CT molecular complexity index is 943. The van der Waals surface area contributed by atoms with Gasteiger partial charge in [0.05, 0.1) is 21.3 Å². The molecule has 130 valence electrons. The van der Waals surface area contributed by atoms with E-state index < -0.39 is 10.0 Å². The molecule has 0 spiro atoms. The van der Waals surface area contributed by atoms with Gasteiger partial charge in [-0.15, -0.1) is 0 Å². The topological polar surface area (TPSA) is 83.6 Å². The SMILES string of the molecule is O=C1CCC(=O)N1c1ccc(S(=O)(=O)Nc2cc(Cl)ccc2Cl)cc1. The van der Waals surface area contributed by atoms with Gasteiger partial charge in [0.1, 0.15) is 0 Å². The Labute approximate surface area is 154 Å². The number of carbonyl (C=O) groups is 2. The van der Waals surface area contributed by atoms with Crippen molar-refractivity contribution in [2.24, 2.45) is 0 Å². The fourth-order valence-corrected chi connectivity index (χ4v) is 3.88. The van der Waals surface area contributed by atoms with Gasteiger partial charge in [0, 0.05) is 17.9 Å². The van der Waals surface area contributed by atoms with Gasteiger partial charge in [0.25, 0.3) is 10.0 Å². The molecule has 0 aliphatic carbocycles. The van der Waals surface area contributed by atoms with Crippen molar-refractivity contribution in [3.8, 4) is 0 Å². The Morgan fingerprint density at radius 1 is 0.920 bits per heavy atom. The first-order valence-corrected chi connectivity index (χ1v) is 9.45. The van der Waals surface area contributed by atoms with Crippen molar-refractivity contribution in [1.82, 2.24) is 0 Å². The average Bonchev–Trinajstić information content (AvgIpc) is 2.90. The summed E-state index contributed by atoms with van der Waals surface area (Å²) >= 11 is 11.8. The fraction of sp³-hybridized carbons (Fsp3) is 0.125. The van der Waals surface area contributed by atoms with Crippen LogP contribution in [0.4, 0.5) is 11.4 Å².